The number of aliphatic hydroxyl groups is 1. The molecule has 3 N–H and O–H groups in total. The van der Waals surface area contributed by atoms with Gasteiger partial charge < -0.3 is 20.3 Å². The lowest BCUT2D eigenvalue weighted by Gasteiger charge is -2.31. The van der Waals surface area contributed by atoms with Crippen LogP contribution in [-0.2, 0) is 9.53 Å². The van der Waals surface area contributed by atoms with Crippen molar-refractivity contribution in [3.05, 3.63) is 0 Å². The van der Waals surface area contributed by atoms with E-state index in [1.807, 2.05) is 0 Å². The maximum Gasteiger partial charge on any atom is 0.407 e. The van der Waals surface area contributed by atoms with Crippen molar-refractivity contribution in [1.82, 2.24) is 5.32 Å². The molecule has 1 unspecified atom stereocenters. The lowest BCUT2D eigenvalue weighted by molar-refractivity contribution is -0.144. The Morgan fingerprint density at radius 3 is 2.50 bits per heavy atom. The zero-order valence-electron chi connectivity index (χ0n) is 12.4. The molecule has 20 heavy (non-hydrogen) atoms. The number of aliphatic carboxylic acids is 1. The highest BCUT2D eigenvalue weighted by atomic mass is 28.3. The van der Waals surface area contributed by atoms with Crippen LogP contribution >= 0.6 is 0 Å². The number of amides is 1. The topological polar surface area (TPSA) is 95.9 Å². The van der Waals surface area contributed by atoms with Gasteiger partial charge in [0.2, 0.25) is 0 Å². The van der Waals surface area contributed by atoms with Crippen LogP contribution < -0.4 is 5.32 Å². The molecule has 1 saturated carbocycles. The first-order valence-corrected chi connectivity index (χ1v) is 10.7. The van der Waals surface area contributed by atoms with Gasteiger partial charge in [-0.3, -0.25) is 4.79 Å². The number of rotatable bonds is 5. The van der Waals surface area contributed by atoms with Crippen LogP contribution in [0.1, 0.15) is 19.3 Å². The molecule has 0 bridgehead atoms. The molecule has 0 aromatic rings. The highest BCUT2D eigenvalue weighted by Gasteiger charge is 2.34. The second-order valence-electron chi connectivity index (χ2n) is 6.61. The highest BCUT2D eigenvalue weighted by molar-refractivity contribution is 6.76. The van der Waals surface area contributed by atoms with Crippen molar-refractivity contribution in [1.29, 1.82) is 0 Å². The number of carboxylic acid groups (broad SMARTS) is 1. The predicted molar refractivity (Wildman–Crippen MR) is 77.4 cm³/mol. The Kier molecular flexibility index (Phi) is 6.00. The first-order chi connectivity index (χ1) is 9.19. The van der Waals surface area contributed by atoms with Crippen molar-refractivity contribution in [3.8, 4) is 0 Å². The summed E-state index contributed by atoms with van der Waals surface area (Å²) in [4.78, 5) is 22.6. The molecule has 0 aromatic heterocycles. The summed E-state index contributed by atoms with van der Waals surface area (Å²) in [6, 6.07) is 0.343. The van der Waals surface area contributed by atoms with Crippen LogP contribution in [0.25, 0.3) is 0 Å². The summed E-state index contributed by atoms with van der Waals surface area (Å²) < 4.78 is 5.09. The number of carbonyl (C=O) groups excluding carboxylic acids is 1. The summed E-state index contributed by atoms with van der Waals surface area (Å²) in [5, 5.41) is 21.4. The number of hydrogen-bond donors (Lipinski definition) is 3. The zero-order chi connectivity index (χ0) is 15.3. The maximum atomic E-state index is 11.6. The van der Waals surface area contributed by atoms with Crippen molar-refractivity contribution in [2.45, 2.75) is 57.1 Å². The molecule has 0 spiro atoms. The predicted octanol–water partition coefficient (Wildman–Crippen LogP) is 1.67. The van der Waals surface area contributed by atoms with E-state index in [-0.39, 0.29) is 6.42 Å². The molecule has 6 nitrogen and oxygen atoms in total. The lowest BCUT2D eigenvalue weighted by Crippen LogP contribution is -2.48. The van der Waals surface area contributed by atoms with E-state index in [0.717, 1.165) is 6.04 Å². The standard InChI is InChI=1S/C13H25NO5Si/c1-20(2,3)7-6-19-13(18)14-10-8-9(12(16)17)4-5-11(10)15/h9-11,15H,4-8H2,1-3H3,(H,14,18)(H,16,17)/t9?,10-,11-/m1/s1. The maximum absolute atomic E-state index is 11.6. The number of alkyl carbamates (subject to hydrolysis) is 1. The van der Waals surface area contributed by atoms with Crippen LogP contribution in [0.3, 0.4) is 0 Å². The van der Waals surface area contributed by atoms with Crippen LogP contribution in [0, 0.1) is 5.92 Å². The van der Waals surface area contributed by atoms with E-state index in [1.54, 1.807) is 0 Å². The molecular formula is C13H25NO5Si. The summed E-state index contributed by atoms with van der Waals surface area (Å²) in [5.74, 6) is -1.39. The fraction of sp³-hybridized carbons (Fsp3) is 0.846. The third kappa shape index (κ3) is 5.92. The number of hydrogen-bond acceptors (Lipinski definition) is 4. The Balaban J connectivity index is 2.37. The van der Waals surface area contributed by atoms with Gasteiger partial charge in [-0.2, -0.15) is 0 Å². The molecule has 116 valence electrons. The van der Waals surface area contributed by atoms with E-state index >= 15 is 0 Å². The number of carbonyl (C=O) groups is 2. The van der Waals surface area contributed by atoms with E-state index in [2.05, 4.69) is 25.0 Å². The Bertz CT molecular complexity index is 355. The molecule has 0 saturated heterocycles. The first kappa shape index (κ1) is 17.0. The minimum atomic E-state index is -1.25. The van der Waals surface area contributed by atoms with Crippen molar-refractivity contribution >= 4 is 20.1 Å². The second-order valence-corrected chi connectivity index (χ2v) is 12.2. The van der Waals surface area contributed by atoms with Gasteiger partial charge in [-0.15, -0.1) is 0 Å². The molecule has 0 heterocycles. The van der Waals surface area contributed by atoms with Crippen molar-refractivity contribution in [2.75, 3.05) is 6.61 Å². The number of nitrogens with one attached hydrogen (secondary N) is 1. The molecule has 1 amide bonds. The molecule has 7 heteroatoms. The van der Waals surface area contributed by atoms with Crippen molar-refractivity contribution in [3.63, 3.8) is 0 Å². The first-order valence-electron chi connectivity index (χ1n) is 7.03. The Morgan fingerprint density at radius 2 is 1.95 bits per heavy atom. The second kappa shape index (κ2) is 7.08. The minimum absolute atomic E-state index is 0.250. The van der Waals surface area contributed by atoms with Crippen LogP contribution in [0.2, 0.25) is 25.7 Å². The average molecular weight is 303 g/mol. The molecule has 1 aliphatic rings. The summed E-state index contributed by atoms with van der Waals surface area (Å²) in [6.45, 7) is 6.94. The molecular weight excluding hydrogens is 278 g/mol. The third-order valence-corrected chi connectivity index (χ3v) is 5.26. The van der Waals surface area contributed by atoms with Gasteiger partial charge >= 0.3 is 12.1 Å². The van der Waals surface area contributed by atoms with Crippen LogP contribution in [-0.4, -0.2) is 49.1 Å². The smallest absolute Gasteiger partial charge is 0.407 e. The molecule has 1 aliphatic carbocycles. The summed E-state index contributed by atoms with van der Waals surface area (Å²) in [7, 11) is -1.25. The van der Waals surface area contributed by atoms with Gasteiger partial charge in [0.05, 0.1) is 24.7 Å². The molecule has 1 rings (SSSR count). The van der Waals surface area contributed by atoms with Gasteiger partial charge in [0.15, 0.2) is 0 Å². The molecule has 0 radical (unpaired) electrons. The Hall–Kier alpha value is -1.08. The SMILES string of the molecule is C[Si](C)(C)CCOC(=O)N[C@@H]1CC(C(=O)O)CC[C@H]1O. The summed E-state index contributed by atoms with van der Waals surface area (Å²) >= 11 is 0. The lowest BCUT2D eigenvalue weighted by atomic mass is 9.84. The fourth-order valence-electron chi connectivity index (χ4n) is 2.18. The van der Waals surface area contributed by atoms with Crippen LogP contribution in [0.4, 0.5) is 4.79 Å². The summed E-state index contributed by atoms with van der Waals surface area (Å²) in [5.41, 5.74) is 0. The van der Waals surface area contributed by atoms with Gasteiger partial charge in [-0.05, 0) is 25.3 Å². The molecule has 1 fully saturated rings. The molecule has 3 atom stereocenters. The highest BCUT2D eigenvalue weighted by Crippen LogP contribution is 2.25. The van der Waals surface area contributed by atoms with Crippen LogP contribution in [0.15, 0.2) is 0 Å². The number of aliphatic hydroxyl groups excluding tert-OH is 1. The number of ether oxygens (including phenoxy) is 1. The van der Waals surface area contributed by atoms with Crippen molar-refractivity contribution < 1.29 is 24.5 Å². The van der Waals surface area contributed by atoms with Gasteiger partial charge in [0, 0.05) is 8.07 Å². The van der Waals surface area contributed by atoms with Gasteiger partial charge in [0.1, 0.15) is 0 Å². The molecule has 0 aromatic carbocycles. The normalized spacial score (nSPS) is 26.9. The average Bonchev–Trinajstić information content (AvgIpc) is 2.30. The van der Waals surface area contributed by atoms with E-state index in [0.29, 0.717) is 19.4 Å². The Labute approximate surface area is 120 Å². The van der Waals surface area contributed by atoms with E-state index in [4.69, 9.17) is 9.84 Å². The monoisotopic (exact) mass is 303 g/mol. The van der Waals surface area contributed by atoms with E-state index < -0.39 is 38.2 Å². The quantitative estimate of drug-likeness (QED) is 0.671. The van der Waals surface area contributed by atoms with Gasteiger partial charge in [-0.1, -0.05) is 19.6 Å². The Morgan fingerprint density at radius 1 is 1.30 bits per heavy atom. The van der Waals surface area contributed by atoms with Crippen LogP contribution in [0.5, 0.6) is 0 Å². The third-order valence-electron chi connectivity index (χ3n) is 3.55. The zero-order valence-corrected chi connectivity index (χ0v) is 13.4. The van der Waals surface area contributed by atoms with E-state index in [1.165, 1.54) is 0 Å². The number of carboxylic acids is 1. The van der Waals surface area contributed by atoms with Gasteiger partial charge in [-0.25, -0.2) is 4.79 Å². The molecule has 0 aliphatic heterocycles. The fourth-order valence-corrected chi connectivity index (χ4v) is 2.89. The summed E-state index contributed by atoms with van der Waals surface area (Å²) in [6.07, 6.45) is -0.191. The van der Waals surface area contributed by atoms with Gasteiger partial charge in [0.25, 0.3) is 0 Å². The van der Waals surface area contributed by atoms with E-state index in [9.17, 15) is 14.7 Å². The van der Waals surface area contributed by atoms with Crippen molar-refractivity contribution in [2.24, 2.45) is 5.92 Å². The minimum Gasteiger partial charge on any atom is -0.481 e. The largest absolute Gasteiger partial charge is 0.481 e.